The van der Waals surface area contributed by atoms with E-state index in [9.17, 15) is 36.7 Å². The van der Waals surface area contributed by atoms with Crippen LogP contribution in [0.1, 0.15) is 30.6 Å². The summed E-state index contributed by atoms with van der Waals surface area (Å²) >= 11 is 2.12. The van der Waals surface area contributed by atoms with Crippen molar-refractivity contribution in [2.75, 3.05) is 16.8 Å². The third-order valence-electron chi connectivity index (χ3n) is 4.85. The molecule has 0 bridgehead atoms. The number of carbonyl (C=O) groups is 3. The maximum absolute atomic E-state index is 13.2. The quantitative estimate of drug-likeness (QED) is 0.116. The van der Waals surface area contributed by atoms with E-state index in [4.69, 9.17) is 14.6 Å². The van der Waals surface area contributed by atoms with Gasteiger partial charge in [0.15, 0.2) is 23.3 Å². The highest BCUT2D eigenvalue weighted by molar-refractivity contribution is 8.00. The molecule has 0 unspecified atom stereocenters. The van der Waals surface area contributed by atoms with Crippen molar-refractivity contribution in [3.63, 3.8) is 0 Å². The number of ether oxygens (including phenoxy) is 2. The van der Waals surface area contributed by atoms with E-state index in [0.717, 1.165) is 41.7 Å². The monoisotopic (exact) mass is 588 g/mol. The molecular weight excluding hydrogens is 568 g/mol. The van der Waals surface area contributed by atoms with Crippen LogP contribution in [0.15, 0.2) is 40.2 Å². The van der Waals surface area contributed by atoms with Crippen molar-refractivity contribution in [3.05, 3.63) is 69.4 Å². The fourth-order valence-corrected chi connectivity index (χ4v) is 4.97. The second kappa shape index (κ2) is 12.4. The first kappa shape index (κ1) is 29.8. The highest BCUT2D eigenvalue weighted by atomic mass is 32.2. The number of aromatic carboxylic acids is 1. The molecular formula is C24H20F4N2O7S2. The Morgan fingerprint density at radius 2 is 1.59 bits per heavy atom. The Morgan fingerprint density at radius 3 is 2.15 bits per heavy atom. The lowest BCUT2D eigenvalue weighted by Gasteiger charge is -2.35. The van der Waals surface area contributed by atoms with Crippen molar-refractivity contribution in [2.45, 2.75) is 30.5 Å². The topological polar surface area (TPSA) is 135 Å². The first-order valence-electron chi connectivity index (χ1n) is 11.1. The molecule has 39 heavy (non-hydrogen) atoms. The van der Waals surface area contributed by atoms with Gasteiger partial charge in [-0.05, 0) is 41.5 Å². The van der Waals surface area contributed by atoms with Crippen LogP contribution < -0.4 is 10.7 Å². The smallest absolute Gasteiger partial charge is 0.394 e. The normalized spacial score (nSPS) is 14.2. The number of hydrogen-bond donors (Lipinski definition) is 3. The number of nitrogens with one attached hydrogen (secondary N) is 2. The van der Waals surface area contributed by atoms with E-state index in [1.165, 1.54) is 6.07 Å². The number of aromatic nitrogens is 1. The Morgan fingerprint density at radius 1 is 0.974 bits per heavy atom. The standard InChI is InChI=1S/C12H11F2NO4S.C12H9F2NO3S/c1-2-20-12(18-10(16)6-11(17)19-12)15-7-3-4-8(13)9(14)5-7;1-2-19-11-9(12(17)18)10(16)5-3-6(13)7(14)4-8(5)15-11/h3-5,15H,2,6H2,1H3;3-4H,2H2,1H3,(H,15,16)(H,17,18). The van der Waals surface area contributed by atoms with Gasteiger partial charge in [-0.3, -0.25) is 14.4 Å². The van der Waals surface area contributed by atoms with Gasteiger partial charge in [-0.2, -0.15) is 0 Å². The van der Waals surface area contributed by atoms with Gasteiger partial charge >= 0.3 is 23.2 Å². The van der Waals surface area contributed by atoms with Crippen LogP contribution in [0.25, 0.3) is 10.9 Å². The largest absolute Gasteiger partial charge is 0.477 e. The number of rotatable bonds is 7. The van der Waals surface area contributed by atoms with Gasteiger partial charge in [-0.1, -0.05) is 13.8 Å². The van der Waals surface area contributed by atoms with Crippen LogP contribution in [0.5, 0.6) is 0 Å². The van der Waals surface area contributed by atoms with Crippen LogP contribution >= 0.6 is 23.5 Å². The van der Waals surface area contributed by atoms with Gasteiger partial charge in [0.05, 0.1) is 10.5 Å². The van der Waals surface area contributed by atoms with Crippen LogP contribution in [0.2, 0.25) is 0 Å². The first-order valence-corrected chi connectivity index (χ1v) is 13.1. The van der Waals surface area contributed by atoms with Crippen molar-refractivity contribution in [1.29, 1.82) is 0 Å². The third kappa shape index (κ3) is 7.03. The lowest BCUT2D eigenvalue weighted by atomic mass is 10.1. The zero-order chi connectivity index (χ0) is 28.9. The molecule has 0 spiro atoms. The van der Waals surface area contributed by atoms with E-state index in [1.54, 1.807) is 13.8 Å². The molecule has 1 fully saturated rings. The Kier molecular flexibility index (Phi) is 9.50. The van der Waals surface area contributed by atoms with Gasteiger partial charge < -0.3 is 24.9 Å². The maximum Gasteiger partial charge on any atom is 0.394 e. The van der Waals surface area contributed by atoms with Crippen molar-refractivity contribution >= 4 is 58.0 Å². The molecule has 15 heteroatoms. The van der Waals surface area contributed by atoms with Crippen molar-refractivity contribution in [1.82, 2.24) is 4.98 Å². The van der Waals surface area contributed by atoms with Gasteiger partial charge in [0.2, 0.25) is 5.43 Å². The number of thioether (sulfide) groups is 2. The number of carboxylic acid groups (broad SMARTS) is 1. The Balaban J connectivity index is 0.000000216. The zero-order valence-corrected chi connectivity index (χ0v) is 21.9. The average Bonchev–Trinajstić information content (AvgIpc) is 2.83. The molecule has 0 amide bonds. The summed E-state index contributed by atoms with van der Waals surface area (Å²) in [5.74, 6) is -6.28. The lowest BCUT2D eigenvalue weighted by molar-refractivity contribution is -0.206. The first-order chi connectivity index (χ1) is 18.4. The summed E-state index contributed by atoms with van der Waals surface area (Å²) in [6.07, 6.45) is -0.481. The molecule has 1 aliphatic rings. The SMILES string of the molecule is CCSC1(Nc2ccc(F)c(F)c2)OC(=O)CC(=O)O1.CCSc1[nH]c2cc(F)c(F)cc2c(=O)c1C(=O)O. The van der Waals surface area contributed by atoms with Crippen molar-refractivity contribution in [2.24, 2.45) is 0 Å². The molecule has 1 aliphatic heterocycles. The predicted octanol–water partition coefficient (Wildman–Crippen LogP) is 4.85. The minimum atomic E-state index is -1.76. The predicted molar refractivity (Wildman–Crippen MR) is 135 cm³/mol. The minimum absolute atomic E-state index is 0.0739. The number of aromatic amines is 1. The summed E-state index contributed by atoms with van der Waals surface area (Å²) in [6.45, 7) is 3.54. The van der Waals surface area contributed by atoms with Crippen LogP contribution in [0.3, 0.4) is 0 Å². The van der Waals surface area contributed by atoms with E-state index in [0.29, 0.717) is 17.6 Å². The average molecular weight is 589 g/mol. The van der Waals surface area contributed by atoms with E-state index >= 15 is 0 Å². The number of benzene rings is 2. The van der Waals surface area contributed by atoms with Crippen LogP contribution in [-0.4, -0.2) is 44.7 Å². The Bertz CT molecular complexity index is 1480. The highest BCUT2D eigenvalue weighted by Crippen LogP contribution is 2.34. The van der Waals surface area contributed by atoms with Gasteiger partial charge in [0.1, 0.15) is 12.0 Å². The summed E-state index contributed by atoms with van der Waals surface area (Å²) in [4.78, 5) is 48.5. The number of anilines is 1. The lowest BCUT2D eigenvalue weighted by Crippen LogP contribution is -2.48. The molecule has 3 aromatic rings. The van der Waals surface area contributed by atoms with Crippen molar-refractivity contribution in [3.8, 4) is 0 Å². The molecule has 0 radical (unpaired) electrons. The molecule has 1 saturated heterocycles. The molecule has 0 atom stereocenters. The van der Waals surface area contributed by atoms with Crippen LogP contribution in [0, 0.1) is 23.3 Å². The number of cyclic esters (lactones) is 2. The van der Waals surface area contributed by atoms with E-state index < -0.39 is 63.8 Å². The molecule has 0 aliphatic carbocycles. The zero-order valence-electron chi connectivity index (χ0n) is 20.2. The highest BCUT2D eigenvalue weighted by Gasteiger charge is 2.44. The summed E-state index contributed by atoms with van der Waals surface area (Å²) in [5.41, 5.74) is -1.08. The van der Waals surface area contributed by atoms with Crippen molar-refractivity contribution < 1.29 is 46.5 Å². The summed E-state index contributed by atoms with van der Waals surface area (Å²) < 4.78 is 62.3. The second-order valence-corrected chi connectivity index (χ2v) is 10.3. The number of carboxylic acids is 1. The van der Waals surface area contributed by atoms with E-state index in [1.807, 2.05) is 0 Å². The summed E-state index contributed by atoms with van der Waals surface area (Å²) in [6, 6.07) is 4.58. The maximum atomic E-state index is 13.2. The number of H-pyrrole nitrogens is 1. The number of pyridine rings is 1. The number of halogens is 4. The minimum Gasteiger partial charge on any atom is -0.477 e. The number of carbonyl (C=O) groups excluding carboxylic acids is 2. The van der Waals surface area contributed by atoms with E-state index in [2.05, 4.69) is 10.3 Å². The van der Waals surface area contributed by atoms with Crippen LogP contribution in [-0.2, 0) is 19.1 Å². The molecule has 9 nitrogen and oxygen atoms in total. The van der Waals surface area contributed by atoms with E-state index in [-0.39, 0.29) is 21.6 Å². The molecule has 2 aromatic carbocycles. The molecule has 3 N–H and O–H groups in total. The van der Waals surface area contributed by atoms with Gasteiger partial charge in [0, 0.05) is 23.2 Å². The molecule has 4 rings (SSSR count). The molecule has 2 heterocycles. The molecule has 208 valence electrons. The van der Waals surface area contributed by atoms with Gasteiger partial charge in [0.25, 0.3) is 0 Å². The molecule has 0 saturated carbocycles. The number of hydrogen-bond acceptors (Lipinski definition) is 9. The van der Waals surface area contributed by atoms with Gasteiger partial charge in [-0.25, -0.2) is 22.4 Å². The second-order valence-electron chi connectivity index (χ2n) is 7.58. The third-order valence-corrected chi connectivity index (χ3v) is 6.67. The molecule has 1 aromatic heterocycles. The summed E-state index contributed by atoms with van der Waals surface area (Å²) in [7, 11) is 0. The summed E-state index contributed by atoms with van der Waals surface area (Å²) in [5, 5.41) is 9.85. The number of fused-ring (bicyclic) bond motifs is 1. The van der Waals surface area contributed by atoms with Gasteiger partial charge in [-0.15, -0.1) is 11.8 Å². The van der Waals surface area contributed by atoms with Crippen LogP contribution in [0.4, 0.5) is 23.2 Å². The number of esters is 2. The fraction of sp³-hybridized carbons (Fsp3) is 0.250. The fourth-order valence-electron chi connectivity index (χ4n) is 3.30. The Hall–Kier alpha value is -3.72. The Labute approximate surface area is 226 Å².